The number of hydrogen-bond donors (Lipinski definition) is 2. The van der Waals surface area contributed by atoms with E-state index in [9.17, 15) is 4.79 Å². The van der Waals surface area contributed by atoms with Gasteiger partial charge in [0.15, 0.2) is 0 Å². The summed E-state index contributed by atoms with van der Waals surface area (Å²) in [4.78, 5) is 19.7. The molecule has 26 heavy (non-hydrogen) atoms. The van der Waals surface area contributed by atoms with Gasteiger partial charge in [-0.3, -0.25) is 14.7 Å². The number of hydrogen-bond acceptors (Lipinski definition) is 4. The molecule has 3 N–H and O–H groups in total. The fourth-order valence-corrected chi connectivity index (χ4v) is 5.28. The molecule has 2 unspecified atom stereocenters. The quantitative estimate of drug-likeness (QED) is 0.868. The summed E-state index contributed by atoms with van der Waals surface area (Å²) in [5.41, 5.74) is 7.49. The van der Waals surface area contributed by atoms with Gasteiger partial charge in [0, 0.05) is 43.8 Å². The maximum atomic E-state index is 12.8. The molecule has 2 bridgehead atoms. The lowest BCUT2D eigenvalue weighted by Gasteiger charge is -2.44. The van der Waals surface area contributed by atoms with Crippen LogP contribution in [-0.2, 0) is 11.3 Å². The Hall–Kier alpha value is -1.46. The van der Waals surface area contributed by atoms with Crippen LogP contribution in [0.5, 0.6) is 0 Å². The number of likely N-dealkylation sites (tertiary alicyclic amines) is 1. The lowest BCUT2D eigenvalue weighted by Crippen LogP contribution is -2.51. The van der Waals surface area contributed by atoms with E-state index in [4.69, 9.17) is 5.73 Å². The van der Waals surface area contributed by atoms with Gasteiger partial charge in [0.2, 0.25) is 5.91 Å². The van der Waals surface area contributed by atoms with E-state index >= 15 is 0 Å². The molecule has 3 aliphatic rings. The molecule has 0 aromatic carbocycles. The van der Waals surface area contributed by atoms with Crippen molar-refractivity contribution in [2.75, 3.05) is 13.1 Å². The predicted molar refractivity (Wildman–Crippen MR) is 102 cm³/mol. The molecule has 2 saturated carbocycles. The summed E-state index contributed by atoms with van der Waals surface area (Å²) in [7, 11) is 0. The number of pyridine rings is 1. The molecular weight excluding hydrogens is 324 g/mol. The first-order valence-electron chi connectivity index (χ1n) is 10.4. The minimum atomic E-state index is 0.191. The number of carbonyl (C=O) groups is 1. The highest BCUT2D eigenvalue weighted by molar-refractivity contribution is 5.79. The zero-order valence-corrected chi connectivity index (χ0v) is 15.6. The van der Waals surface area contributed by atoms with E-state index in [0.29, 0.717) is 23.9 Å². The Morgan fingerprint density at radius 2 is 1.88 bits per heavy atom. The Morgan fingerprint density at radius 1 is 1.15 bits per heavy atom. The smallest absolute Gasteiger partial charge is 0.223 e. The summed E-state index contributed by atoms with van der Waals surface area (Å²) in [6, 6.07) is 6.75. The highest BCUT2D eigenvalue weighted by Crippen LogP contribution is 2.42. The van der Waals surface area contributed by atoms with E-state index in [2.05, 4.69) is 21.3 Å². The number of nitrogens with two attached hydrogens (primary N) is 1. The number of amides is 1. The third kappa shape index (κ3) is 4.09. The molecule has 1 aromatic heterocycles. The summed E-state index contributed by atoms with van der Waals surface area (Å²) < 4.78 is 0. The van der Waals surface area contributed by atoms with E-state index < -0.39 is 0 Å². The minimum absolute atomic E-state index is 0.191. The molecule has 0 spiro atoms. The largest absolute Gasteiger partial charge is 0.353 e. The van der Waals surface area contributed by atoms with Crippen LogP contribution >= 0.6 is 0 Å². The molecule has 1 saturated heterocycles. The number of rotatable bonds is 4. The van der Waals surface area contributed by atoms with Crippen molar-refractivity contribution >= 4 is 5.91 Å². The van der Waals surface area contributed by atoms with E-state index in [1.165, 1.54) is 19.3 Å². The van der Waals surface area contributed by atoms with Gasteiger partial charge in [-0.05, 0) is 62.5 Å². The van der Waals surface area contributed by atoms with Gasteiger partial charge in [-0.25, -0.2) is 0 Å². The fraction of sp³-hybridized carbons (Fsp3) is 0.714. The molecule has 1 aromatic rings. The predicted octanol–water partition coefficient (Wildman–Crippen LogP) is 2.32. The van der Waals surface area contributed by atoms with E-state index in [-0.39, 0.29) is 11.8 Å². The Bertz CT molecular complexity index is 585. The number of piperidine rings is 1. The molecule has 5 heteroatoms. The molecule has 4 rings (SSSR count). The summed E-state index contributed by atoms with van der Waals surface area (Å²) in [6.45, 7) is 2.97. The van der Waals surface area contributed by atoms with Crippen LogP contribution in [0.2, 0.25) is 0 Å². The monoisotopic (exact) mass is 356 g/mol. The summed E-state index contributed by atoms with van der Waals surface area (Å²) in [5.74, 6) is 1.62. The van der Waals surface area contributed by atoms with Crippen LogP contribution in [0.3, 0.4) is 0 Å². The van der Waals surface area contributed by atoms with Crippen LogP contribution < -0.4 is 11.1 Å². The van der Waals surface area contributed by atoms with Gasteiger partial charge in [-0.2, -0.15) is 0 Å². The number of fused-ring (bicyclic) bond motifs is 2. The standard InChI is InChI=1S/C21H32N4O/c22-20-15-4-3-5-16(20)13-17(12-15)21(26)24-18-7-10-25(11-8-18)14-19-6-1-2-9-23-19/h1-2,6,9,15-18,20H,3-5,7-8,10-14,22H2,(H,24,26). The topological polar surface area (TPSA) is 71.2 Å². The average molecular weight is 357 g/mol. The zero-order chi connectivity index (χ0) is 17.9. The van der Waals surface area contributed by atoms with Gasteiger partial charge in [0.25, 0.3) is 0 Å². The summed E-state index contributed by atoms with van der Waals surface area (Å²) in [5, 5.41) is 3.36. The van der Waals surface area contributed by atoms with Gasteiger partial charge in [-0.15, -0.1) is 0 Å². The van der Waals surface area contributed by atoms with Gasteiger partial charge in [-0.1, -0.05) is 12.5 Å². The second-order valence-corrected chi connectivity index (χ2v) is 8.58. The van der Waals surface area contributed by atoms with Gasteiger partial charge >= 0.3 is 0 Å². The van der Waals surface area contributed by atoms with Crippen LogP contribution in [0.15, 0.2) is 24.4 Å². The van der Waals surface area contributed by atoms with Crippen molar-refractivity contribution < 1.29 is 4.79 Å². The Labute approximate surface area is 156 Å². The Morgan fingerprint density at radius 3 is 2.54 bits per heavy atom. The lowest BCUT2D eigenvalue weighted by molar-refractivity contribution is -0.129. The van der Waals surface area contributed by atoms with Crippen LogP contribution in [-0.4, -0.2) is 41.0 Å². The second kappa shape index (κ2) is 8.05. The van der Waals surface area contributed by atoms with E-state index in [1.807, 2.05) is 18.3 Å². The Kier molecular flexibility index (Phi) is 5.55. The number of nitrogens with zero attached hydrogens (tertiary/aromatic N) is 2. The zero-order valence-electron chi connectivity index (χ0n) is 15.6. The van der Waals surface area contributed by atoms with Gasteiger partial charge in [0.05, 0.1) is 5.69 Å². The van der Waals surface area contributed by atoms with Gasteiger partial charge in [0.1, 0.15) is 0 Å². The van der Waals surface area contributed by atoms with Crippen molar-refractivity contribution in [3.63, 3.8) is 0 Å². The minimum Gasteiger partial charge on any atom is -0.353 e. The molecule has 5 nitrogen and oxygen atoms in total. The average Bonchev–Trinajstić information content (AvgIpc) is 2.64. The van der Waals surface area contributed by atoms with Crippen molar-refractivity contribution in [2.24, 2.45) is 23.5 Å². The van der Waals surface area contributed by atoms with Crippen molar-refractivity contribution in [3.05, 3.63) is 30.1 Å². The van der Waals surface area contributed by atoms with Gasteiger partial charge < -0.3 is 11.1 Å². The molecule has 0 radical (unpaired) electrons. The molecule has 2 atom stereocenters. The second-order valence-electron chi connectivity index (χ2n) is 8.58. The SMILES string of the molecule is NC1C2CCCC1CC(C(=O)NC1CCN(Cc3ccccn3)CC1)C2. The first kappa shape index (κ1) is 17.9. The normalized spacial score (nSPS) is 33.0. The third-order valence-electron chi connectivity index (χ3n) is 6.83. The van der Waals surface area contributed by atoms with Crippen molar-refractivity contribution in [1.29, 1.82) is 0 Å². The highest BCUT2D eigenvalue weighted by Gasteiger charge is 2.40. The molecule has 142 valence electrons. The fourth-order valence-electron chi connectivity index (χ4n) is 5.28. The number of aromatic nitrogens is 1. The van der Waals surface area contributed by atoms with Crippen LogP contribution in [0, 0.1) is 17.8 Å². The highest BCUT2D eigenvalue weighted by atomic mass is 16.1. The molecular formula is C21H32N4O. The van der Waals surface area contributed by atoms with E-state index in [0.717, 1.165) is 51.0 Å². The molecule has 2 heterocycles. The van der Waals surface area contributed by atoms with Crippen LogP contribution in [0.1, 0.15) is 50.6 Å². The van der Waals surface area contributed by atoms with Crippen LogP contribution in [0.4, 0.5) is 0 Å². The Balaban J connectivity index is 1.23. The molecule has 1 aliphatic heterocycles. The van der Waals surface area contributed by atoms with Crippen molar-refractivity contribution in [1.82, 2.24) is 15.2 Å². The van der Waals surface area contributed by atoms with Crippen molar-refractivity contribution in [2.45, 2.75) is 63.6 Å². The lowest BCUT2D eigenvalue weighted by atomic mass is 9.65. The molecule has 2 aliphatic carbocycles. The summed E-state index contributed by atoms with van der Waals surface area (Å²) in [6.07, 6.45) is 9.67. The maximum Gasteiger partial charge on any atom is 0.223 e. The van der Waals surface area contributed by atoms with Crippen molar-refractivity contribution in [3.8, 4) is 0 Å². The third-order valence-corrected chi connectivity index (χ3v) is 6.83. The number of carbonyl (C=O) groups excluding carboxylic acids is 1. The molecule has 1 amide bonds. The van der Waals surface area contributed by atoms with E-state index in [1.54, 1.807) is 0 Å². The number of nitrogens with one attached hydrogen (secondary N) is 1. The maximum absolute atomic E-state index is 12.8. The van der Waals surface area contributed by atoms with Crippen LogP contribution in [0.25, 0.3) is 0 Å². The first-order valence-corrected chi connectivity index (χ1v) is 10.4. The summed E-state index contributed by atoms with van der Waals surface area (Å²) >= 11 is 0. The first-order chi connectivity index (χ1) is 12.7. The molecule has 3 fully saturated rings.